The maximum atomic E-state index is 8.83. The predicted molar refractivity (Wildman–Crippen MR) is 224 cm³/mol. The average Bonchev–Trinajstić information content (AvgIpc) is 3.07. The number of piperidine rings is 3. The van der Waals surface area contributed by atoms with E-state index in [2.05, 4.69) is 135 Å². The SMILES string of the molecule is CC(C)N(C)C1CCN(C)CC1.CC(C)N1CC(O)C1.CC(C)N1CCC(N2CC(N(C)C)C2)CC1.CC(C)N1CCC(N2CCN(C)CC2)CC1. The molecule has 6 heterocycles. The predicted octanol–water partition coefficient (Wildman–Crippen LogP) is 3.70. The van der Waals surface area contributed by atoms with Crippen molar-refractivity contribution in [3.63, 3.8) is 0 Å². The van der Waals surface area contributed by atoms with Gasteiger partial charge in [0.1, 0.15) is 0 Å². The summed E-state index contributed by atoms with van der Waals surface area (Å²) in [5.74, 6) is 0. The molecule has 52 heavy (non-hydrogen) atoms. The van der Waals surface area contributed by atoms with Crippen LogP contribution in [-0.4, -0.2) is 231 Å². The van der Waals surface area contributed by atoms with Crippen molar-refractivity contribution in [1.82, 2.24) is 44.1 Å². The van der Waals surface area contributed by atoms with Gasteiger partial charge in [-0.05, 0) is 168 Å². The van der Waals surface area contributed by atoms with E-state index in [1.54, 1.807) is 0 Å². The molecule has 10 nitrogen and oxygen atoms in total. The number of hydrogen-bond acceptors (Lipinski definition) is 10. The summed E-state index contributed by atoms with van der Waals surface area (Å²) >= 11 is 0. The Morgan fingerprint density at radius 3 is 1.21 bits per heavy atom. The molecule has 0 aromatic heterocycles. The third-order valence-electron chi connectivity index (χ3n) is 13.3. The minimum atomic E-state index is -0.0441. The Labute approximate surface area is 323 Å². The van der Waals surface area contributed by atoms with Crippen molar-refractivity contribution >= 4 is 0 Å². The van der Waals surface area contributed by atoms with Crippen molar-refractivity contribution < 1.29 is 5.11 Å². The van der Waals surface area contributed by atoms with Gasteiger partial charge >= 0.3 is 0 Å². The largest absolute Gasteiger partial charge is 0.390 e. The van der Waals surface area contributed by atoms with Crippen LogP contribution in [0.2, 0.25) is 0 Å². The Bertz CT molecular complexity index is 906. The van der Waals surface area contributed by atoms with E-state index in [0.717, 1.165) is 49.3 Å². The highest BCUT2D eigenvalue weighted by Gasteiger charge is 2.35. The molecular formula is C42H89N9O. The number of β-amino-alcohol motifs (C(OH)–C–C–N with tert-alkyl or cyclic N) is 1. The molecule has 6 rings (SSSR count). The van der Waals surface area contributed by atoms with Crippen LogP contribution in [0.15, 0.2) is 0 Å². The molecule has 0 amide bonds. The van der Waals surface area contributed by atoms with Crippen molar-refractivity contribution in [1.29, 1.82) is 0 Å². The van der Waals surface area contributed by atoms with E-state index >= 15 is 0 Å². The number of nitrogens with zero attached hydrogens (tertiary/aromatic N) is 9. The molecular weight excluding hydrogens is 647 g/mol. The Kier molecular flexibility index (Phi) is 20.3. The van der Waals surface area contributed by atoms with Gasteiger partial charge in [0.25, 0.3) is 0 Å². The van der Waals surface area contributed by atoms with Crippen LogP contribution in [0.5, 0.6) is 0 Å². The molecule has 6 fully saturated rings. The first kappa shape index (κ1) is 46.0. The fraction of sp³-hybridized carbons (Fsp3) is 1.00. The van der Waals surface area contributed by atoms with Crippen LogP contribution in [0.1, 0.15) is 93.9 Å². The zero-order valence-electron chi connectivity index (χ0n) is 36.8. The maximum Gasteiger partial charge on any atom is 0.0794 e. The number of aliphatic hydroxyl groups excluding tert-OH is 1. The number of hydrogen-bond donors (Lipinski definition) is 1. The van der Waals surface area contributed by atoms with Crippen LogP contribution >= 0.6 is 0 Å². The first-order valence-electron chi connectivity index (χ1n) is 21.7. The van der Waals surface area contributed by atoms with Gasteiger partial charge in [0.05, 0.1) is 6.10 Å². The lowest BCUT2D eigenvalue weighted by molar-refractivity contribution is -0.0161. The molecule has 0 saturated carbocycles. The molecule has 1 N–H and O–H groups in total. The number of likely N-dealkylation sites (tertiary alicyclic amines) is 5. The van der Waals surface area contributed by atoms with Gasteiger partial charge in [0, 0.05) is 101 Å². The van der Waals surface area contributed by atoms with Crippen molar-refractivity contribution in [2.45, 2.75) is 148 Å². The summed E-state index contributed by atoms with van der Waals surface area (Å²) < 4.78 is 0. The van der Waals surface area contributed by atoms with Gasteiger partial charge in [-0.2, -0.15) is 0 Å². The molecule has 0 aliphatic carbocycles. The summed E-state index contributed by atoms with van der Waals surface area (Å²) in [6.07, 6.45) is 8.13. The molecule has 0 radical (unpaired) electrons. The summed E-state index contributed by atoms with van der Waals surface area (Å²) in [7, 11) is 11.1. The highest BCUT2D eigenvalue weighted by atomic mass is 16.3. The molecule has 0 aromatic rings. The zero-order valence-corrected chi connectivity index (χ0v) is 36.8. The van der Waals surface area contributed by atoms with E-state index in [0.29, 0.717) is 12.1 Å². The number of rotatable bonds is 8. The lowest BCUT2D eigenvalue weighted by atomic mass is 9.96. The lowest BCUT2D eigenvalue weighted by Crippen LogP contribution is -2.62. The second-order valence-electron chi connectivity index (χ2n) is 18.6. The van der Waals surface area contributed by atoms with E-state index in [9.17, 15) is 0 Å². The average molecular weight is 736 g/mol. The molecule has 0 bridgehead atoms. The normalized spacial score (nSPS) is 25.6. The molecule has 10 heteroatoms. The van der Waals surface area contributed by atoms with Crippen LogP contribution in [-0.2, 0) is 0 Å². The number of piperazine rings is 1. The summed E-state index contributed by atoms with van der Waals surface area (Å²) in [4.78, 5) is 22.6. The van der Waals surface area contributed by atoms with Gasteiger partial charge < -0.3 is 34.5 Å². The van der Waals surface area contributed by atoms with E-state index in [4.69, 9.17) is 5.11 Å². The third-order valence-corrected chi connectivity index (χ3v) is 13.3. The van der Waals surface area contributed by atoms with E-state index < -0.39 is 0 Å². The molecule has 308 valence electrons. The van der Waals surface area contributed by atoms with Crippen LogP contribution in [0.3, 0.4) is 0 Å². The van der Waals surface area contributed by atoms with Crippen LogP contribution in [0.25, 0.3) is 0 Å². The lowest BCUT2D eigenvalue weighted by Gasteiger charge is -2.49. The quantitative estimate of drug-likeness (QED) is 0.400. The van der Waals surface area contributed by atoms with Gasteiger partial charge in [-0.1, -0.05) is 0 Å². The first-order valence-corrected chi connectivity index (χ1v) is 21.7. The number of aliphatic hydroxyl groups is 1. The molecule has 0 atom stereocenters. The summed E-state index contributed by atoms with van der Waals surface area (Å²) in [5, 5.41) is 8.83. The van der Waals surface area contributed by atoms with Crippen molar-refractivity contribution in [2.75, 3.05) is 127 Å². The Morgan fingerprint density at radius 1 is 0.462 bits per heavy atom. The third kappa shape index (κ3) is 15.3. The van der Waals surface area contributed by atoms with Gasteiger partial charge in [0.2, 0.25) is 0 Å². The standard InChI is InChI=1S/2C13H27N3.C10H22N2.C6H13NO/c1-11(2)15-7-5-12(6-8-15)16-9-13(10-16)14(3)4;1-12(2)15-6-4-13(5-7-15)16-10-8-14(3)9-11-16;1-9(2)12(4)10-5-7-11(3)8-6-10;1-5(2)7-3-6(8)4-7/h11-13H,5-10H2,1-4H3;12-13H,4-11H2,1-3H3;9-10H,5-8H2,1-4H3;5-6,8H,3-4H2,1-2H3. The minimum absolute atomic E-state index is 0.0441. The van der Waals surface area contributed by atoms with Gasteiger partial charge in [-0.3, -0.25) is 14.7 Å². The molecule has 6 aliphatic heterocycles. The Morgan fingerprint density at radius 2 is 0.865 bits per heavy atom. The van der Waals surface area contributed by atoms with Gasteiger partial charge in [0.15, 0.2) is 0 Å². The molecule has 0 unspecified atom stereocenters. The first-order chi connectivity index (χ1) is 24.5. The minimum Gasteiger partial charge on any atom is -0.390 e. The highest BCUT2D eigenvalue weighted by molar-refractivity contribution is 4.92. The van der Waals surface area contributed by atoms with Crippen molar-refractivity contribution in [3.8, 4) is 0 Å². The maximum absolute atomic E-state index is 8.83. The van der Waals surface area contributed by atoms with Crippen LogP contribution in [0.4, 0.5) is 0 Å². The summed E-state index contributed by atoms with van der Waals surface area (Å²) in [6.45, 7) is 35.2. The monoisotopic (exact) mass is 736 g/mol. The Balaban J connectivity index is 0.000000193. The second kappa shape index (κ2) is 23.0. The van der Waals surface area contributed by atoms with E-state index in [-0.39, 0.29) is 6.10 Å². The second-order valence-corrected chi connectivity index (χ2v) is 18.6. The van der Waals surface area contributed by atoms with E-state index in [1.165, 1.54) is 117 Å². The summed E-state index contributed by atoms with van der Waals surface area (Å²) in [6, 6.07) is 6.12. The molecule has 0 spiro atoms. The fourth-order valence-electron chi connectivity index (χ4n) is 8.57. The van der Waals surface area contributed by atoms with Crippen LogP contribution < -0.4 is 0 Å². The smallest absolute Gasteiger partial charge is 0.0794 e. The summed E-state index contributed by atoms with van der Waals surface area (Å²) in [5.41, 5.74) is 0. The van der Waals surface area contributed by atoms with Gasteiger partial charge in [-0.25, -0.2) is 0 Å². The highest BCUT2D eigenvalue weighted by Crippen LogP contribution is 2.24. The zero-order chi connectivity index (χ0) is 38.5. The van der Waals surface area contributed by atoms with Crippen molar-refractivity contribution in [2.24, 2.45) is 0 Å². The molecule has 6 saturated heterocycles. The van der Waals surface area contributed by atoms with Gasteiger partial charge in [-0.15, -0.1) is 0 Å². The Hall–Kier alpha value is -0.400. The molecule has 6 aliphatic rings. The topological polar surface area (TPSA) is 49.4 Å². The van der Waals surface area contributed by atoms with Crippen LogP contribution in [0, 0.1) is 0 Å². The van der Waals surface area contributed by atoms with Crippen molar-refractivity contribution in [3.05, 3.63) is 0 Å². The van der Waals surface area contributed by atoms with E-state index in [1.807, 2.05) is 0 Å². The fourth-order valence-corrected chi connectivity index (χ4v) is 8.57. The number of likely N-dealkylation sites (N-methyl/N-ethyl adjacent to an activating group) is 2. The molecule has 0 aromatic carbocycles.